The van der Waals surface area contributed by atoms with Crippen LogP contribution in [0.3, 0.4) is 0 Å². The Morgan fingerprint density at radius 3 is 2.84 bits per heavy atom. The smallest absolute Gasteiger partial charge is 0.143 e. The number of hydrogen-bond donors (Lipinski definition) is 1. The molecule has 0 amide bonds. The molecule has 19 heavy (non-hydrogen) atoms. The molecule has 0 bridgehead atoms. The molecule has 0 spiro atoms. The van der Waals surface area contributed by atoms with Crippen LogP contribution >= 0.6 is 43.2 Å². The number of nitrogens with one attached hydrogen (secondary N) is 1. The Morgan fingerprint density at radius 1 is 1.42 bits per heavy atom. The molecule has 2 aromatic heterocycles. The molecular weight excluding hydrogens is 390 g/mol. The minimum absolute atomic E-state index is 0.669. The summed E-state index contributed by atoms with van der Waals surface area (Å²) in [5.41, 5.74) is 2.20. The van der Waals surface area contributed by atoms with Crippen LogP contribution in [0.25, 0.3) is 10.7 Å². The van der Waals surface area contributed by atoms with E-state index >= 15 is 0 Å². The summed E-state index contributed by atoms with van der Waals surface area (Å²) < 4.78 is 1.95. The Morgan fingerprint density at radius 2 is 2.21 bits per heavy atom. The summed E-state index contributed by atoms with van der Waals surface area (Å²) in [6.45, 7) is 0.887. The van der Waals surface area contributed by atoms with Crippen molar-refractivity contribution in [3.63, 3.8) is 0 Å². The first-order valence-corrected chi connectivity index (χ1v) is 8.55. The second-order valence-electron chi connectivity index (χ2n) is 4.62. The van der Waals surface area contributed by atoms with E-state index in [0.717, 1.165) is 26.2 Å². The third-order valence-corrected chi connectivity index (χ3v) is 5.16. The fourth-order valence-corrected chi connectivity index (χ4v) is 4.48. The maximum absolute atomic E-state index is 4.82. The molecule has 3 rings (SSSR count). The largest absolute Gasteiger partial charge is 0.315 e. The van der Waals surface area contributed by atoms with Gasteiger partial charge in [-0.05, 0) is 57.8 Å². The summed E-state index contributed by atoms with van der Waals surface area (Å²) >= 11 is 8.74. The highest BCUT2D eigenvalue weighted by molar-refractivity contribution is 9.11. The van der Waals surface area contributed by atoms with Crippen LogP contribution in [0.1, 0.15) is 29.3 Å². The molecule has 0 aliphatic heterocycles. The van der Waals surface area contributed by atoms with Crippen LogP contribution in [-0.2, 0) is 6.54 Å². The number of halogens is 2. The zero-order valence-electron chi connectivity index (χ0n) is 10.4. The van der Waals surface area contributed by atoms with Crippen molar-refractivity contribution in [3.05, 3.63) is 31.8 Å². The molecule has 1 aliphatic rings. The first-order valence-electron chi connectivity index (χ1n) is 6.14. The van der Waals surface area contributed by atoms with Gasteiger partial charge in [0.15, 0.2) is 0 Å². The predicted molar refractivity (Wildman–Crippen MR) is 85.5 cm³/mol. The van der Waals surface area contributed by atoms with E-state index in [9.17, 15) is 0 Å². The number of pyridine rings is 1. The summed E-state index contributed by atoms with van der Waals surface area (Å²) in [6.07, 6.45) is 4.36. The average molecular weight is 403 g/mol. The van der Waals surface area contributed by atoms with Crippen molar-refractivity contribution >= 4 is 43.2 Å². The molecule has 100 valence electrons. The van der Waals surface area contributed by atoms with Crippen LogP contribution in [0, 0.1) is 0 Å². The molecule has 6 heteroatoms. The van der Waals surface area contributed by atoms with Crippen molar-refractivity contribution in [2.45, 2.75) is 25.3 Å². The van der Waals surface area contributed by atoms with Crippen molar-refractivity contribution in [2.75, 3.05) is 7.05 Å². The fourth-order valence-electron chi connectivity index (χ4n) is 2.00. The Labute approximate surface area is 133 Å². The van der Waals surface area contributed by atoms with Crippen LogP contribution < -0.4 is 5.32 Å². The minimum Gasteiger partial charge on any atom is -0.315 e. The maximum atomic E-state index is 4.82. The van der Waals surface area contributed by atoms with E-state index in [1.54, 1.807) is 11.3 Å². The van der Waals surface area contributed by atoms with Gasteiger partial charge in [0, 0.05) is 32.5 Å². The van der Waals surface area contributed by atoms with Crippen molar-refractivity contribution in [3.8, 4) is 10.7 Å². The van der Waals surface area contributed by atoms with Crippen LogP contribution in [0.15, 0.2) is 21.2 Å². The topological polar surface area (TPSA) is 37.8 Å². The standard InChI is InChI=1S/C13H13Br2N3S/c1-16-6-10-11(7-2-3-7)18-13(19-10)12-9(15)4-8(14)5-17-12/h4-5,7,16H,2-3,6H2,1H3. The molecule has 2 aromatic rings. The lowest BCUT2D eigenvalue weighted by Gasteiger charge is -1.99. The van der Waals surface area contributed by atoms with Crippen LogP contribution in [0.2, 0.25) is 0 Å². The van der Waals surface area contributed by atoms with Gasteiger partial charge in [-0.3, -0.25) is 4.98 Å². The summed E-state index contributed by atoms with van der Waals surface area (Å²) in [6, 6.07) is 2.01. The molecule has 2 heterocycles. The van der Waals surface area contributed by atoms with E-state index in [-0.39, 0.29) is 0 Å². The predicted octanol–water partition coefficient (Wildman–Crippen LogP) is 4.33. The van der Waals surface area contributed by atoms with Gasteiger partial charge in [0.25, 0.3) is 0 Å². The Balaban J connectivity index is 2.02. The molecular formula is C13H13Br2N3S. The Hall–Kier alpha value is -0.300. The number of nitrogens with zero attached hydrogens (tertiary/aromatic N) is 2. The highest BCUT2D eigenvalue weighted by Crippen LogP contribution is 2.44. The number of thiazole rings is 1. The van der Waals surface area contributed by atoms with Crippen molar-refractivity contribution in [2.24, 2.45) is 0 Å². The summed E-state index contributed by atoms with van der Waals surface area (Å²) in [5.74, 6) is 0.669. The van der Waals surface area contributed by atoms with Gasteiger partial charge in [-0.25, -0.2) is 4.98 Å². The third kappa shape index (κ3) is 2.91. The lowest BCUT2D eigenvalue weighted by molar-refractivity contribution is 0.813. The van der Waals surface area contributed by atoms with E-state index in [1.165, 1.54) is 23.4 Å². The molecule has 0 atom stereocenters. The zero-order valence-corrected chi connectivity index (χ0v) is 14.4. The highest BCUT2D eigenvalue weighted by Gasteiger charge is 2.30. The van der Waals surface area contributed by atoms with Crippen molar-refractivity contribution in [1.29, 1.82) is 0 Å². The summed E-state index contributed by atoms with van der Waals surface area (Å²) in [5, 5.41) is 4.23. The summed E-state index contributed by atoms with van der Waals surface area (Å²) in [7, 11) is 1.98. The third-order valence-electron chi connectivity index (χ3n) is 3.04. The first-order chi connectivity index (χ1) is 9.19. The van der Waals surface area contributed by atoms with Gasteiger partial charge in [-0.2, -0.15) is 0 Å². The second-order valence-corrected chi connectivity index (χ2v) is 7.47. The monoisotopic (exact) mass is 401 g/mol. The zero-order chi connectivity index (χ0) is 13.4. The van der Waals surface area contributed by atoms with Gasteiger partial charge in [0.2, 0.25) is 0 Å². The van der Waals surface area contributed by atoms with Gasteiger partial charge in [-0.1, -0.05) is 0 Å². The van der Waals surface area contributed by atoms with E-state index in [0.29, 0.717) is 5.92 Å². The maximum Gasteiger partial charge on any atom is 0.143 e. The van der Waals surface area contributed by atoms with E-state index in [4.69, 9.17) is 4.98 Å². The minimum atomic E-state index is 0.669. The number of aromatic nitrogens is 2. The molecule has 1 saturated carbocycles. The molecule has 0 aromatic carbocycles. The van der Waals surface area contributed by atoms with Crippen LogP contribution in [0.4, 0.5) is 0 Å². The second kappa shape index (κ2) is 5.60. The molecule has 3 nitrogen and oxygen atoms in total. The van der Waals surface area contributed by atoms with Crippen LogP contribution in [0.5, 0.6) is 0 Å². The number of rotatable bonds is 4. The quantitative estimate of drug-likeness (QED) is 0.826. The van der Waals surface area contributed by atoms with Gasteiger partial charge in [0.1, 0.15) is 10.7 Å². The lowest BCUT2D eigenvalue weighted by Crippen LogP contribution is -2.05. The van der Waals surface area contributed by atoms with Gasteiger partial charge in [0.05, 0.1) is 5.69 Å². The van der Waals surface area contributed by atoms with E-state index in [1.807, 2.05) is 19.3 Å². The normalized spacial score (nSPS) is 14.9. The van der Waals surface area contributed by atoms with Crippen molar-refractivity contribution in [1.82, 2.24) is 15.3 Å². The molecule has 0 unspecified atom stereocenters. The highest BCUT2D eigenvalue weighted by atomic mass is 79.9. The van der Waals surface area contributed by atoms with Gasteiger partial charge < -0.3 is 5.32 Å². The summed E-state index contributed by atoms with van der Waals surface area (Å²) in [4.78, 5) is 10.6. The van der Waals surface area contributed by atoms with Gasteiger partial charge in [-0.15, -0.1) is 11.3 Å². The fraction of sp³-hybridized carbons (Fsp3) is 0.385. The van der Waals surface area contributed by atoms with E-state index < -0.39 is 0 Å². The van der Waals surface area contributed by atoms with Crippen LogP contribution in [-0.4, -0.2) is 17.0 Å². The molecule has 1 aliphatic carbocycles. The Bertz CT molecular complexity index is 608. The van der Waals surface area contributed by atoms with Crippen molar-refractivity contribution < 1.29 is 0 Å². The molecule has 1 N–H and O–H groups in total. The number of hydrogen-bond acceptors (Lipinski definition) is 4. The molecule has 0 radical (unpaired) electrons. The lowest BCUT2D eigenvalue weighted by atomic mass is 10.2. The van der Waals surface area contributed by atoms with E-state index in [2.05, 4.69) is 42.2 Å². The average Bonchev–Trinajstić information content (AvgIpc) is 3.12. The molecule has 0 saturated heterocycles. The first kappa shape index (κ1) is 13.7. The van der Waals surface area contributed by atoms with Gasteiger partial charge >= 0.3 is 0 Å². The SMILES string of the molecule is CNCc1sc(-c2ncc(Br)cc2Br)nc1C1CC1. The molecule has 1 fully saturated rings. The Kier molecular flexibility index (Phi) is 4.03.